The van der Waals surface area contributed by atoms with Gasteiger partial charge in [-0.2, -0.15) is 0 Å². The van der Waals surface area contributed by atoms with Crippen LogP contribution in [-0.2, 0) is 11.3 Å². The molecule has 0 radical (unpaired) electrons. The molecule has 0 unspecified atom stereocenters. The van der Waals surface area contributed by atoms with E-state index in [4.69, 9.17) is 21.1 Å². The summed E-state index contributed by atoms with van der Waals surface area (Å²) in [5.41, 5.74) is 3.87. The number of ether oxygens (including phenoxy) is 2. The first kappa shape index (κ1) is 22.0. The summed E-state index contributed by atoms with van der Waals surface area (Å²) in [5.74, 6) is 1.09. The molecule has 7 heteroatoms. The predicted molar refractivity (Wildman–Crippen MR) is 125 cm³/mol. The molecule has 0 bridgehead atoms. The van der Waals surface area contributed by atoms with Crippen LogP contribution in [0.25, 0.3) is 0 Å². The zero-order valence-electron chi connectivity index (χ0n) is 16.7. The number of rotatable bonds is 8. The number of nitrogens with one attached hydrogen (secondary N) is 2. The Morgan fingerprint density at radius 1 is 1.07 bits per heavy atom. The first-order chi connectivity index (χ1) is 14.4. The number of methoxy groups -OCH3 is 1. The molecule has 0 heterocycles. The minimum Gasteiger partial charge on any atom is -0.497 e. The summed E-state index contributed by atoms with van der Waals surface area (Å²) in [4.78, 5) is 12.1. The third-order valence-electron chi connectivity index (χ3n) is 4.41. The van der Waals surface area contributed by atoms with Gasteiger partial charge in [-0.3, -0.25) is 4.79 Å². The average Bonchev–Trinajstić information content (AvgIpc) is 2.74. The number of benzene rings is 3. The third-order valence-corrected chi connectivity index (χ3v) is 5.27. The molecule has 0 fully saturated rings. The van der Waals surface area contributed by atoms with Crippen molar-refractivity contribution in [2.75, 3.05) is 24.4 Å². The van der Waals surface area contributed by atoms with E-state index < -0.39 is 0 Å². The van der Waals surface area contributed by atoms with Gasteiger partial charge in [-0.1, -0.05) is 23.7 Å². The predicted octanol–water partition coefficient (Wildman–Crippen LogP) is 6.05. The molecule has 0 saturated carbocycles. The van der Waals surface area contributed by atoms with Gasteiger partial charge in [0.25, 0.3) is 5.91 Å². The average molecular weight is 490 g/mol. The van der Waals surface area contributed by atoms with Crippen LogP contribution in [0.15, 0.2) is 65.1 Å². The molecule has 156 valence electrons. The lowest BCUT2D eigenvalue weighted by Gasteiger charge is -2.12. The van der Waals surface area contributed by atoms with Crippen molar-refractivity contribution < 1.29 is 14.3 Å². The van der Waals surface area contributed by atoms with Crippen LogP contribution in [-0.4, -0.2) is 19.6 Å². The zero-order chi connectivity index (χ0) is 21.5. The van der Waals surface area contributed by atoms with E-state index in [1.165, 1.54) is 0 Å². The molecular weight excluding hydrogens is 468 g/mol. The lowest BCUT2D eigenvalue weighted by molar-refractivity contribution is -0.118. The molecule has 3 rings (SSSR count). The Bertz CT molecular complexity index is 1030. The SMILES string of the molecule is COc1ccc(NC(=O)COc2ccc(CNc3cc(Cl)ccc3C)cc2Br)cc1. The van der Waals surface area contributed by atoms with Crippen molar-refractivity contribution in [2.45, 2.75) is 13.5 Å². The van der Waals surface area contributed by atoms with Gasteiger partial charge in [-0.15, -0.1) is 0 Å². The molecule has 1 amide bonds. The zero-order valence-corrected chi connectivity index (χ0v) is 19.0. The number of amides is 1. The van der Waals surface area contributed by atoms with E-state index in [2.05, 4.69) is 26.6 Å². The Balaban J connectivity index is 1.53. The Morgan fingerprint density at radius 3 is 2.53 bits per heavy atom. The fourth-order valence-electron chi connectivity index (χ4n) is 2.77. The topological polar surface area (TPSA) is 59.6 Å². The van der Waals surface area contributed by atoms with Crippen molar-refractivity contribution in [3.63, 3.8) is 0 Å². The smallest absolute Gasteiger partial charge is 0.262 e. The lowest BCUT2D eigenvalue weighted by atomic mass is 10.1. The van der Waals surface area contributed by atoms with E-state index in [0.717, 1.165) is 27.0 Å². The van der Waals surface area contributed by atoms with Gasteiger partial charge in [-0.05, 0) is 82.5 Å². The van der Waals surface area contributed by atoms with Crippen molar-refractivity contribution in [3.05, 3.63) is 81.3 Å². The maximum atomic E-state index is 12.1. The largest absolute Gasteiger partial charge is 0.497 e. The lowest BCUT2D eigenvalue weighted by Crippen LogP contribution is -2.20. The molecule has 3 aromatic carbocycles. The fraction of sp³-hybridized carbons (Fsp3) is 0.174. The van der Waals surface area contributed by atoms with Gasteiger partial charge in [0.05, 0.1) is 11.6 Å². The van der Waals surface area contributed by atoms with E-state index in [1.54, 1.807) is 31.4 Å². The van der Waals surface area contributed by atoms with Crippen LogP contribution in [0.5, 0.6) is 11.5 Å². The molecular formula is C23H22BrClN2O3. The normalized spacial score (nSPS) is 10.4. The second-order valence-electron chi connectivity index (χ2n) is 6.64. The second kappa shape index (κ2) is 10.4. The summed E-state index contributed by atoms with van der Waals surface area (Å²) < 4.78 is 11.5. The Labute approximate surface area is 189 Å². The van der Waals surface area contributed by atoms with Gasteiger partial charge >= 0.3 is 0 Å². The van der Waals surface area contributed by atoms with Crippen LogP contribution in [0.1, 0.15) is 11.1 Å². The molecule has 0 aliphatic heterocycles. The minimum absolute atomic E-state index is 0.0933. The number of anilines is 2. The van der Waals surface area contributed by atoms with Crippen LogP contribution < -0.4 is 20.1 Å². The monoisotopic (exact) mass is 488 g/mol. The van der Waals surface area contributed by atoms with Gasteiger partial charge in [0, 0.05) is 22.9 Å². The van der Waals surface area contributed by atoms with Gasteiger partial charge in [-0.25, -0.2) is 0 Å². The highest BCUT2D eigenvalue weighted by atomic mass is 79.9. The van der Waals surface area contributed by atoms with Gasteiger partial charge in [0.15, 0.2) is 6.61 Å². The standard InChI is InChI=1S/C23H22BrClN2O3/c1-15-3-5-17(25)12-21(15)26-13-16-4-10-22(20(24)11-16)30-14-23(28)27-18-6-8-19(29-2)9-7-18/h3-12,26H,13-14H2,1-2H3,(H,27,28). The Hall–Kier alpha value is -2.70. The molecule has 0 atom stereocenters. The van der Waals surface area contributed by atoms with Crippen molar-refractivity contribution in [2.24, 2.45) is 0 Å². The summed E-state index contributed by atoms with van der Waals surface area (Å²) in [7, 11) is 1.60. The maximum Gasteiger partial charge on any atom is 0.262 e. The molecule has 0 aromatic heterocycles. The molecule has 0 saturated heterocycles. The highest BCUT2D eigenvalue weighted by Gasteiger charge is 2.08. The molecule has 30 heavy (non-hydrogen) atoms. The molecule has 3 aromatic rings. The van der Waals surface area contributed by atoms with Gasteiger partial charge in [0.1, 0.15) is 11.5 Å². The van der Waals surface area contributed by atoms with E-state index in [0.29, 0.717) is 23.0 Å². The Morgan fingerprint density at radius 2 is 1.83 bits per heavy atom. The summed E-state index contributed by atoms with van der Waals surface area (Å²) in [5, 5.41) is 6.87. The number of halogens is 2. The number of hydrogen-bond acceptors (Lipinski definition) is 4. The first-order valence-corrected chi connectivity index (χ1v) is 10.5. The van der Waals surface area contributed by atoms with E-state index in [9.17, 15) is 4.79 Å². The van der Waals surface area contributed by atoms with Crippen LogP contribution in [0, 0.1) is 6.92 Å². The van der Waals surface area contributed by atoms with E-state index in [-0.39, 0.29) is 12.5 Å². The molecule has 0 aliphatic carbocycles. The molecule has 0 aliphatic rings. The van der Waals surface area contributed by atoms with Crippen molar-refractivity contribution in [1.82, 2.24) is 0 Å². The fourth-order valence-corrected chi connectivity index (χ4v) is 3.48. The van der Waals surface area contributed by atoms with Gasteiger partial charge < -0.3 is 20.1 Å². The summed E-state index contributed by atoms with van der Waals surface area (Å²) in [6.07, 6.45) is 0. The quantitative estimate of drug-likeness (QED) is 0.404. The van der Waals surface area contributed by atoms with Crippen LogP contribution in [0.2, 0.25) is 5.02 Å². The van der Waals surface area contributed by atoms with Crippen molar-refractivity contribution >= 4 is 44.8 Å². The van der Waals surface area contributed by atoms with Crippen LogP contribution in [0.4, 0.5) is 11.4 Å². The van der Waals surface area contributed by atoms with E-state index >= 15 is 0 Å². The van der Waals surface area contributed by atoms with Crippen LogP contribution >= 0.6 is 27.5 Å². The van der Waals surface area contributed by atoms with Gasteiger partial charge in [0.2, 0.25) is 0 Å². The first-order valence-electron chi connectivity index (χ1n) is 9.30. The number of aryl methyl sites for hydroxylation is 1. The maximum absolute atomic E-state index is 12.1. The summed E-state index contributed by atoms with van der Waals surface area (Å²) in [6, 6.07) is 18.6. The number of hydrogen-bond donors (Lipinski definition) is 2. The third kappa shape index (κ3) is 6.15. The summed E-state index contributed by atoms with van der Waals surface area (Å²) >= 11 is 9.58. The minimum atomic E-state index is -0.241. The molecule has 0 spiro atoms. The summed E-state index contributed by atoms with van der Waals surface area (Å²) in [6.45, 7) is 2.57. The Kier molecular flexibility index (Phi) is 7.60. The highest BCUT2D eigenvalue weighted by molar-refractivity contribution is 9.10. The number of carbonyl (C=O) groups excluding carboxylic acids is 1. The second-order valence-corrected chi connectivity index (χ2v) is 7.93. The van der Waals surface area contributed by atoms with Crippen molar-refractivity contribution in [1.29, 1.82) is 0 Å². The molecule has 5 nitrogen and oxygen atoms in total. The number of carbonyl (C=O) groups is 1. The van der Waals surface area contributed by atoms with E-state index in [1.807, 2.05) is 43.3 Å². The highest BCUT2D eigenvalue weighted by Crippen LogP contribution is 2.27. The molecule has 2 N–H and O–H groups in total. The van der Waals surface area contributed by atoms with Crippen molar-refractivity contribution in [3.8, 4) is 11.5 Å². The van der Waals surface area contributed by atoms with Crippen LogP contribution in [0.3, 0.4) is 0 Å².